The van der Waals surface area contributed by atoms with Crippen LogP contribution in [-0.4, -0.2) is 15.7 Å². The average Bonchev–Trinajstić information content (AvgIpc) is 3.21. The number of nitrogens with zero attached hydrogens (tertiary/aromatic N) is 2. The van der Waals surface area contributed by atoms with Crippen molar-refractivity contribution in [2.24, 2.45) is 30.2 Å². The van der Waals surface area contributed by atoms with Gasteiger partial charge in [0.2, 0.25) is 5.91 Å². The number of aromatic nitrogens is 2. The van der Waals surface area contributed by atoms with E-state index in [0.29, 0.717) is 12.5 Å². The Bertz CT molecular complexity index is 757. The third-order valence-corrected chi connectivity index (χ3v) is 7.59. The van der Waals surface area contributed by atoms with Gasteiger partial charge in [0.25, 0.3) is 0 Å². The molecule has 0 aliphatic heterocycles. The van der Waals surface area contributed by atoms with Crippen LogP contribution in [-0.2, 0) is 18.4 Å². The van der Waals surface area contributed by atoms with E-state index in [1.807, 2.05) is 17.8 Å². The third-order valence-electron chi connectivity index (χ3n) is 6.70. The van der Waals surface area contributed by atoms with Gasteiger partial charge in [-0.2, -0.15) is 5.10 Å². The minimum Gasteiger partial charge on any atom is -0.350 e. The number of carbonyl (C=O) groups excluding carboxylic acids is 1. The zero-order valence-electron chi connectivity index (χ0n) is 14.7. The number of thiophene rings is 1. The summed E-state index contributed by atoms with van der Waals surface area (Å²) in [4.78, 5) is 14.3. The fourth-order valence-corrected chi connectivity index (χ4v) is 6.64. The van der Waals surface area contributed by atoms with Crippen LogP contribution in [0.1, 0.15) is 44.2 Å². The minimum absolute atomic E-state index is 0.0656. The maximum Gasteiger partial charge on any atom is 0.226 e. The fourth-order valence-electron chi connectivity index (χ4n) is 5.96. The maximum atomic E-state index is 13.1. The van der Waals surface area contributed by atoms with Crippen LogP contribution >= 0.6 is 11.3 Å². The SMILES string of the molecule is Cn1nc(-c2cccs2)cc1CNC(=O)C12CC3CC(CC(C3)C1)C2. The Kier molecular flexibility index (Phi) is 3.56. The molecule has 0 saturated heterocycles. The molecule has 2 heterocycles. The lowest BCUT2D eigenvalue weighted by Crippen LogP contribution is -2.53. The zero-order valence-corrected chi connectivity index (χ0v) is 15.5. The van der Waals surface area contributed by atoms with Crippen molar-refractivity contribution in [1.82, 2.24) is 15.1 Å². The molecular formula is C20H25N3OS. The van der Waals surface area contributed by atoms with Crippen LogP contribution in [0.5, 0.6) is 0 Å². The lowest BCUT2D eigenvalue weighted by atomic mass is 9.49. The molecule has 4 saturated carbocycles. The normalized spacial score (nSPS) is 32.9. The average molecular weight is 356 g/mol. The summed E-state index contributed by atoms with van der Waals surface area (Å²) < 4.78 is 1.90. The molecule has 0 aromatic carbocycles. The molecule has 132 valence electrons. The first kappa shape index (κ1) is 15.6. The molecule has 0 radical (unpaired) electrons. The monoisotopic (exact) mass is 355 g/mol. The Hall–Kier alpha value is -1.62. The van der Waals surface area contributed by atoms with Crippen molar-refractivity contribution < 1.29 is 4.79 Å². The first-order valence-corrected chi connectivity index (χ1v) is 10.3. The number of carbonyl (C=O) groups is 1. The third kappa shape index (κ3) is 2.64. The van der Waals surface area contributed by atoms with Gasteiger partial charge in [-0.25, -0.2) is 0 Å². The molecule has 4 aliphatic carbocycles. The number of hydrogen-bond acceptors (Lipinski definition) is 3. The molecule has 0 spiro atoms. The summed E-state index contributed by atoms with van der Waals surface area (Å²) in [5.41, 5.74) is 2.00. The summed E-state index contributed by atoms with van der Waals surface area (Å²) in [6, 6.07) is 6.24. The van der Waals surface area contributed by atoms with Crippen molar-refractivity contribution >= 4 is 17.2 Å². The van der Waals surface area contributed by atoms with Crippen LogP contribution < -0.4 is 5.32 Å². The molecule has 1 amide bonds. The van der Waals surface area contributed by atoms with Gasteiger partial charge < -0.3 is 5.32 Å². The standard InChI is InChI=1S/C20H25N3OS/c1-23-16(8-17(22-23)18-3-2-4-25-18)12-21-19(24)20-9-13-5-14(10-20)7-15(6-13)11-20/h2-4,8,13-15H,5-7,9-12H2,1H3,(H,21,24). The molecule has 2 aromatic heterocycles. The lowest BCUT2D eigenvalue weighted by molar-refractivity contribution is -0.146. The molecule has 4 nitrogen and oxygen atoms in total. The van der Waals surface area contributed by atoms with E-state index >= 15 is 0 Å². The molecule has 5 heteroatoms. The topological polar surface area (TPSA) is 46.9 Å². The van der Waals surface area contributed by atoms with E-state index in [9.17, 15) is 4.79 Å². The van der Waals surface area contributed by atoms with Gasteiger partial charge in [0, 0.05) is 12.5 Å². The molecule has 1 N–H and O–H groups in total. The summed E-state index contributed by atoms with van der Waals surface area (Å²) in [5.74, 6) is 2.71. The van der Waals surface area contributed by atoms with Crippen LogP contribution in [0, 0.1) is 23.2 Å². The van der Waals surface area contributed by atoms with Crippen molar-refractivity contribution in [3.8, 4) is 10.6 Å². The Labute approximate surface area is 152 Å². The second kappa shape index (κ2) is 5.70. The summed E-state index contributed by atoms with van der Waals surface area (Å²) in [6.07, 6.45) is 7.49. The molecule has 25 heavy (non-hydrogen) atoms. The van der Waals surface area contributed by atoms with Crippen molar-refractivity contribution in [2.45, 2.75) is 45.1 Å². The van der Waals surface area contributed by atoms with Crippen LogP contribution in [0.2, 0.25) is 0 Å². The Morgan fingerprint density at radius 3 is 2.56 bits per heavy atom. The van der Waals surface area contributed by atoms with Gasteiger partial charge in [0.15, 0.2) is 0 Å². The van der Waals surface area contributed by atoms with Gasteiger partial charge in [0.1, 0.15) is 5.69 Å². The van der Waals surface area contributed by atoms with Gasteiger partial charge in [-0.05, 0) is 73.8 Å². The molecule has 4 fully saturated rings. The Morgan fingerprint density at radius 2 is 1.96 bits per heavy atom. The highest BCUT2D eigenvalue weighted by Gasteiger charge is 2.54. The highest BCUT2D eigenvalue weighted by Crippen LogP contribution is 2.60. The second-order valence-corrected chi connectivity index (χ2v) is 9.45. The number of nitrogens with one attached hydrogen (secondary N) is 1. The smallest absolute Gasteiger partial charge is 0.226 e. The van der Waals surface area contributed by atoms with E-state index in [4.69, 9.17) is 0 Å². The van der Waals surface area contributed by atoms with Crippen molar-refractivity contribution in [3.63, 3.8) is 0 Å². The highest BCUT2D eigenvalue weighted by molar-refractivity contribution is 7.13. The van der Waals surface area contributed by atoms with Gasteiger partial charge in [-0.3, -0.25) is 9.48 Å². The van der Waals surface area contributed by atoms with E-state index in [1.165, 1.54) is 24.1 Å². The highest BCUT2D eigenvalue weighted by atomic mass is 32.1. The van der Waals surface area contributed by atoms with Crippen LogP contribution in [0.25, 0.3) is 10.6 Å². The molecule has 2 aromatic rings. The Balaban J connectivity index is 1.30. The molecule has 4 aliphatic rings. The van der Waals surface area contributed by atoms with Crippen LogP contribution in [0.3, 0.4) is 0 Å². The quantitative estimate of drug-likeness (QED) is 0.902. The van der Waals surface area contributed by atoms with E-state index in [0.717, 1.165) is 48.4 Å². The fraction of sp³-hybridized carbons (Fsp3) is 0.600. The number of amides is 1. The van der Waals surface area contributed by atoms with Crippen molar-refractivity contribution in [2.75, 3.05) is 0 Å². The van der Waals surface area contributed by atoms with Gasteiger partial charge >= 0.3 is 0 Å². The molecule has 0 unspecified atom stereocenters. The number of hydrogen-bond donors (Lipinski definition) is 1. The first-order chi connectivity index (χ1) is 12.1. The molecular weight excluding hydrogens is 330 g/mol. The predicted molar refractivity (Wildman–Crippen MR) is 99.0 cm³/mol. The van der Waals surface area contributed by atoms with E-state index in [1.54, 1.807) is 11.3 Å². The van der Waals surface area contributed by atoms with Crippen molar-refractivity contribution in [1.29, 1.82) is 0 Å². The van der Waals surface area contributed by atoms with E-state index in [-0.39, 0.29) is 5.41 Å². The summed E-state index contributed by atoms with van der Waals surface area (Å²) in [7, 11) is 1.96. The predicted octanol–water partition coefficient (Wildman–Crippen LogP) is 3.98. The number of rotatable bonds is 4. The molecule has 6 rings (SSSR count). The van der Waals surface area contributed by atoms with Gasteiger partial charge in [-0.1, -0.05) is 6.07 Å². The van der Waals surface area contributed by atoms with Crippen molar-refractivity contribution in [3.05, 3.63) is 29.3 Å². The second-order valence-electron chi connectivity index (χ2n) is 8.50. The van der Waals surface area contributed by atoms with Crippen LogP contribution in [0.4, 0.5) is 0 Å². The van der Waals surface area contributed by atoms with E-state index in [2.05, 4.69) is 27.9 Å². The maximum absolute atomic E-state index is 13.1. The van der Waals surface area contributed by atoms with Gasteiger partial charge in [0.05, 0.1) is 17.1 Å². The largest absolute Gasteiger partial charge is 0.350 e. The number of aryl methyl sites for hydroxylation is 1. The minimum atomic E-state index is -0.0656. The lowest BCUT2D eigenvalue weighted by Gasteiger charge is -2.55. The van der Waals surface area contributed by atoms with E-state index < -0.39 is 0 Å². The zero-order chi connectivity index (χ0) is 17.0. The summed E-state index contributed by atoms with van der Waals surface area (Å²) >= 11 is 1.70. The van der Waals surface area contributed by atoms with Crippen LogP contribution in [0.15, 0.2) is 23.6 Å². The first-order valence-electron chi connectivity index (χ1n) is 9.46. The molecule has 0 atom stereocenters. The van der Waals surface area contributed by atoms with Gasteiger partial charge in [-0.15, -0.1) is 11.3 Å². The Morgan fingerprint density at radius 1 is 1.28 bits per heavy atom. The summed E-state index contributed by atoms with van der Waals surface area (Å²) in [6.45, 7) is 0.579. The molecule has 4 bridgehead atoms. The summed E-state index contributed by atoms with van der Waals surface area (Å²) in [5, 5.41) is 9.93.